The molecular formula is C29H29ClN6O. The molecule has 4 heterocycles. The van der Waals surface area contributed by atoms with E-state index in [9.17, 15) is 4.79 Å². The minimum atomic E-state index is -0.0602. The van der Waals surface area contributed by atoms with Gasteiger partial charge < -0.3 is 14.6 Å². The number of halogens is 1. The maximum absolute atomic E-state index is 13.0. The maximum atomic E-state index is 13.0. The van der Waals surface area contributed by atoms with Crippen LogP contribution in [0.4, 0.5) is 11.6 Å². The number of hydrogen-bond acceptors (Lipinski definition) is 5. The first-order valence-corrected chi connectivity index (χ1v) is 13.5. The summed E-state index contributed by atoms with van der Waals surface area (Å²) in [4.78, 5) is 29.2. The van der Waals surface area contributed by atoms with Crippen molar-refractivity contribution < 1.29 is 4.79 Å². The fourth-order valence-electron chi connectivity index (χ4n) is 5.81. The van der Waals surface area contributed by atoms with Crippen molar-refractivity contribution in [2.45, 2.75) is 50.5 Å². The highest BCUT2D eigenvalue weighted by Crippen LogP contribution is 2.48. The number of rotatable bonds is 6. The second kappa shape index (κ2) is 8.84. The van der Waals surface area contributed by atoms with Crippen molar-refractivity contribution in [3.05, 3.63) is 83.0 Å². The summed E-state index contributed by atoms with van der Waals surface area (Å²) in [6.07, 6.45) is 10.4. The van der Waals surface area contributed by atoms with Crippen molar-refractivity contribution in [1.82, 2.24) is 19.4 Å². The van der Waals surface area contributed by atoms with Gasteiger partial charge in [-0.2, -0.15) is 0 Å². The molecule has 0 spiro atoms. The predicted octanol–water partition coefficient (Wildman–Crippen LogP) is 5.98. The number of fused-ring (bicyclic) bond motifs is 1. The lowest BCUT2D eigenvalue weighted by molar-refractivity contribution is -0.117. The van der Waals surface area contributed by atoms with Gasteiger partial charge in [0.1, 0.15) is 23.6 Å². The van der Waals surface area contributed by atoms with Crippen LogP contribution in [0.3, 0.4) is 0 Å². The van der Waals surface area contributed by atoms with Crippen LogP contribution in [0.5, 0.6) is 0 Å². The molecule has 0 unspecified atom stereocenters. The van der Waals surface area contributed by atoms with Gasteiger partial charge in [0.2, 0.25) is 5.91 Å². The molecular weight excluding hydrogens is 484 g/mol. The van der Waals surface area contributed by atoms with Gasteiger partial charge in [0, 0.05) is 35.9 Å². The highest BCUT2D eigenvalue weighted by molar-refractivity contribution is 6.30. The van der Waals surface area contributed by atoms with Crippen molar-refractivity contribution in [2.24, 2.45) is 11.8 Å². The number of pyridine rings is 1. The molecule has 2 saturated carbocycles. The summed E-state index contributed by atoms with van der Waals surface area (Å²) in [6, 6.07) is 14.1. The van der Waals surface area contributed by atoms with Crippen LogP contribution in [-0.2, 0) is 4.79 Å². The molecule has 3 aromatic heterocycles. The molecule has 1 aliphatic heterocycles. The summed E-state index contributed by atoms with van der Waals surface area (Å²) in [5, 5.41) is 3.72. The zero-order chi connectivity index (χ0) is 25.1. The number of hydrogen-bond donors (Lipinski definition) is 1. The third-order valence-corrected chi connectivity index (χ3v) is 8.23. The summed E-state index contributed by atoms with van der Waals surface area (Å²) in [7, 11) is 0. The van der Waals surface area contributed by atoms with Gasteiger partial charge in [-0.05, 0) is 72.8 Å². The first kappa shape index (κ1) is 22.7. The Hall–Kier alpha value is -3.45. The molecule has 37 heavy (non-hydrogen) atoms. The average molecular weight is 513 g/mol. The minimum Gasteiger partial charge on any atom is -0.347 e. The van der Waals surface area contributed by atoms with Crippen LogP contribution < -0.4 is 10.2 Å². The molecule has 1 saturated heterocycles. The second-order valence-electron chi connectivity index (χ2n) is 10.9. The number of carbonyl (C=O) groups is 1. The number of nitrogens with one attached hydrogen (secondary N) is 1. The SMILES string of the molecule is C[C@H]1C[C@H](c2cn3cc(C4CC4)ccc3n2)N(c2cc(NC(=O)[C@H]3C[C@@H]3c3cccc(Cl)c3)ncn2)C1. The van der Waals surface area contributed by atoms with Crippen LogP contribution in [0.15, 0.2) is 61.2 Å². The molecule has 1 N–H and O–H groups in total. The highest BCUT2D eigenvalue weighted by atomic mass is 35.5. The molecule has 4 atom stereocenters. The molecule has 2 aliphatic carbocycles. The summed E-state index contributed by atoms with van der Waals surface area (Å²) >= 11 is 6.14. The standard InChI is InChI=1S/C29H29ClN6O/c1-17-9-25(24-15-35-14-20(18-5-6-18)7-8-27(35)33-24)36(13-17)28-12-26(31-16-32-28)34-29(37)23-11-22(23)19-3-2-4-21(30)10-19/h2-4,7-8,10,12,14-18,22-23,25H,5-6,9,11,13H2,1H3,(H,31,32,34,37)/t17-,22+,23-,25+/m0/s1. The second-order valence-corrected chi connectivity index (χ2v) is 11.4. The fourth-order valence-corrected chi connectivity index (χ4v) is 6.01. The molecule has 3 fully saturated rings. The average Bonchev–Trinajstić information content (AvgIpc) is 3.81. The number of carbonyl (C=O) groups excluding carboxylic acids is 1. The van der Waals surface area contributed by atoms with E-state index < -0.39 is 0 Å². The maximum Gasteiger partial charge on any atom is 0.229 e. The van der Waals surface area contributed by atoms with Gasteiger partial charge in [-0.25, -0.2) is 15.0 Å². The Kier molecular flexibility index (Phi) is 5.43. The molecule has 0 bridgehead atoms. The molecule has 1 amide bonds. The summed E-state index contributed by atoms with van der Waals surface area (Å²) < 4.78 is 2.17. The van der Waals surface area contributed by atoms with E-state index >= 15 is 0 Å². The molecule has 4 aromatic rings. The smallest absolute Gasteiger partial charge is 0.229 e. The van der Waals surface area contributed by atoms with Gasteiger partial charge >= 0.3 is 0 Å². The van der Waals surface area contributed by atoms with E-state index in [1.54, 1.807) is 0 Å². The van der Waals surface area contributed by atoms with Crippen LogP contribution in [-0.4, -0.2) is 31.8 Å². The first-order valence-electron chi connectivity index (χ1n) is 13.2. The van der Waals surface area contributed by atoms with Crippen molar-refractivity contribution in [3.63, 3.8) is 0 Å². The normalized spacial score (nSPS) is 25.0. The lowest BCUT2D eigenvalue weighted by Gasteiger charge is -2.24. The first-order chi connectivity index (χ1) is 18.0. The van der Waals surface area contributed by atoms with Crippen LogP contribution in [0.2, 0.25) is 5.02 Å². The summed E-state index contributed by atoms with van der Waals surface area (Å²) in [6.45, 7) is 3.15. The van der Waals surface area contributed by atoms with Gasteiger partial charge in [-0.15, -0.1) is 0 Å². The molecule has 8 heteroatoms. The minimum absolute atomic E-state index is 0.00668. The lowest BCUT2D eigenvalue weighted by Crippen LogP contribution is -2.25. The Morgan fingerprint density at radius 1 is 1.05 bits per heavy atom. The molecule has 7 rings (SSSR count). The third-order valence-electron chi connectivity index (χ3n) is 8.00. The topological polar surface area (TPSA) is 75.4 Å². The summed E-state index contributed by atoms with van der Waals surface area (Å²) in [5.41, 5.74) is 4.55. The van der Waals surface area contributed by atoms with Crippen LogP contribution >= 0.6 is 11.6 Å². The Labute approximate surface area is 220 Å². The zero-order valence-electron chi connectivity index (χ0n) is 20.7. The molecule has 7 nitrogen and oxygen atoms in total. The number of benzene rings is 1. The van der Waals surface area contributed by atoms with E-state index in [1.165, 1.54) is 24.7 Å². The Morgan fingerprint density at radius 3 is 2.78 bits per heavy atom. The predicted molar refractivity (Wildman–Crippen MR) is 144 cm³/mol. The Bertz CT molecular complexity index is 1500. The largest absolute Gasteiger partial charge is 0.347 e. The van der Waals surface area contributed by atoms with Crippen molar-refractivity contribution in [3.8, 4) is 0 Å². The number of aromatic nitrogens is 4. The molecule has 1 aromatic carbocycles. The van der Waals surface area contributed by atoms with Crippen molar-refractivity contribution in [1.29, 1.82) is 0 Å². The van der Waals surface area contributed by atoms with Gasteiger partial charge in [0.15, 0.2) is 0 Å². The van der Waals surface area contributed by atoms with E-state index in [1.807, 2.05) is 30.3 Å². The molecule has 0 radical (unpaired) electrons. The van der Waals surface area contributed by atoms with E-state index in [0.717, 1.165) is 42.1 Å². The quantitative estimate of drug-likeness (QED) is 0.343. The van der Waals surface area contributed by atoms with Crippen LogP contribution in [0, 0.1) is 11.8 Å². The highest BCUT2D eigenvalue weighted by Gasteiger charge is 2.44. The van der Waals surface area contributed by atoms with E-state index in [4.69, 9.17) is 16.6 Å². The van der Waals surface area contributed by atoms with Gasteiger partial charge in [0.25, 0.3) is 0 Å². The summed E-state index contributed by atoms with van der Waals surface area (Å²) in [5.74, 6) is 2.72. The number of amides is 1. The van der Waals surface area contributed by atoms with Crippen LogP contribution in [0.1, 0.15) is 67.3 Å². The number of nitrogens with zero attached hydrogens (tertiary/aromatic N) is 5. The lowest BCUT2D eigenvalue weighted by atomic mass is 10.1. The Balaban J connectivity index is 1.09. The van der Waals surface area contributed by atoms with E-state index in [0.29, 0.717) is 22.7 Å². The van der Waals surface area contributed by atoms with Crippen LogP contribution in [0.25, 0.3) is 5.65 Å². The van der Waals surface area contributed by atoms with E-state index in [2.05, 4.69) is 56.0 Å². The van der Waals surface area contributed by atoms with Gasteiger partial charge in [0.05, 0.1) is 11.7 Å². The molecule has 188 valence electrons. The third kappa shape index (κ3) is 4.46. The number of anilines is 2. The zero-order valence-corrected chi connectivity index (χ0v) is 21.5. The fraction of sp³-hybridized carbons (Fsp3) is 0.379. The monoisotopic (exact) mass is 512 g/mol. The molecule has 3 aliphatic rings. The number of imidazole rings is 1. The Morgan fingerprint density at radius 2 is 1.95 bits per heavy atom. The van der Waals surface area contributed by atoms with Gasteiger partial charge in [-0.3, -0.25) is 4.79 Å². The van der Waals surface area contributed by atoms with Crippen molar-refractivity contribution in [2.75, 3.05) is 16.8 Å². The van der Waals surface area contributed by atoms with Gasteiger partial charge in [-0.1, -0.05) is 36.7 Å². The van der Waals surface area contributed by atoms with E-state index in [-0.39, 0.29) is 23.8 Å². The van der Waals surface area contributed by atoms with Crippen molar-refractivity contribution >= 4 is 34.8 Å².